The van der Waals surface area contributed by atoms with Crippen molar-refractivity contribution >= 4 is 0 Å². The maximum absolute atomic E-state index is 13.8. The molecule has 0 saturated heterocycles. The van der Waals surface area contributed by atoms with Gasteiger partial charge in [-0.05, 0) is 39.4 Å². The quantitative estimate of drug-likeness (QED) is 0.776. The van der Waals surface area contributed by atoms with Crippen LogP contribution < -0.4 is 5.32 Å². The van der Waals surface area contributed by atoms with Crippen molar-refractivity contribution in [1.82, 2.24) is 5.32 Å². The van der Waals surface area contributed by atoms with Gasteiger partial charge >= 0.3 is 0 Å². The summed E-state index contributed by atoms with van der Waals surface area (Å²) in [5.74, 6) is -0.989. The second-order valence-electron chi connectivity index (χ2n) is 4.10. The van der Waals surface area contributed by atoms with Crippen LogP contribution in [0.2, 0.25) is 0 Å². The van der Waals surface area contributed by atoms with Crippen LogP contribution in [0.15, 0.2) is 23.8 Å². The molecule has 1 aromatic rings. The van der Waals surface area contributed by atoms with Crippen LogP contribution in [0.5, 0.6) is 0 Å². The highest BCUT2D eigenvalue weighted by Gasteiger charge is 2.18. The predicted octanol–water partition coefficient (Wildman–Crippen LogP) is 3.50. The minimum absolute atomic E-state index is 0.0868. The second kappa shape index (κ2) is 5.21. The number of allylic oxidation sites excluding steroid dienone is 1. The zero-order chi connectivity index (χ0) is 12.3. The number of nitrogens with one attached hydrogen (secondary N) is 1. The maximum atomic E-state index is 13.8. The summed E-state index contributed by atoms with van der Waals surface area (Å²) in [6.07, 6.45) is 1.81. The number of benzene rings is 1. The van der Waals surface area contributed by atoms with Crippen molar-refractivity contribution in [2.75, 3.05) is 7.05 Å². The molecular formula is C13H17F2N. The van der Waals surface area contributed by atoms with Gasteiger partial charge in [0.1, 0.15) is 11.6 Å². The molecule has 0 aromatic heterocycles. The zero-order valence-electron chi connectivity index (χ0n) is 10.1. The monoisotopic (exact) mass is 225 g/mol. The van der Waals surface area contributed by atoms with Gasteiger partial charge in [0.05, 0.1) is 6.04 Å². The van der Waals surface area contributed by atoms with Gasteiger partial charge in [-0.15, -0.1) is 0 Å². The molecule has 3 heteroatoms. The Morgan fingerprint density at radius 2 is 1.94 bits per heavy atom. The van der Waals surface area contributed by atoms with Gasteiger partial charge in [-0.2, -0.15) is 0 Å². The standard InChI is InChI=1S/C13H17F2N/c1-8(2)7-11(16-4)12-10(14)6-5-9(3)13(12)15/h5-7,11,16H,1-4H3. The van der Waals surface area contributed by atoms with Gasteiger partial charge in [-0.3, -0.25) is 0 Å². The fraction of sp³-hybridized carbons (Fsp3) is 0.385. The maximum Gasteiger partial charge on any atom is 0.134 e. The van der Waals surface area contributed by atoms with Crippen molar-refractivity contribution in [1.29, 1.82) is 0 Å². The van der Waals surface area contributed by atoms with Crippen molar-refractivity contribution in [3.8, 4) is 0 Å². The van der Waals surface area contributed by atoms with Crippen LogP contribution in [-0.2, 0) is 0 Å². The van der Waals surface area contributed by atoms with Crippen LogP contribution >= 0.6 is 0 Å². The van der Waals surface area contributed by atoms with E-state index in [2.05, 4.69) is 5.32 Å². The normalized spacial score (nSPS) is 12.4. The van der Waals surface area contributed by atoms with E-state index in [1.165, 1.54) is 12.1 Å². The van der Waals surface area contributed by atoms with E-state index in [0.29, 0.717) is 5.56 Å². The lowest BCUT2D eigenvalue weighted by molar-refractivity contribution is 0.522. The Morgan fingerprint density at radius 1 is 1.31 bits per heavy atom. The average Bonchev–Trinajstić information content (AvgIpc) is 2.22. The lowest BCUT2D eigenvalue weighted by atomic mass is 10.0. The molecule has 1 aromatic carbocycles. The van der Waals surface area contributed by atoms with E-state index in [1.807, 2.05) is 13.8 Å². The van der Waals surface area contributed by atoms with Gasteiger partial charge in [0, 0.05) is 5.56 Å². The smallest absolute Gasteiger partial charge is 0.134 e. The van der Waals surface area contributed by atoms with E-state index in [0.717, 1.165) is 5.57 Å². The summed E-state index contributed by atoms with van der Waals surface area (Å²) < 4.78 is 27.4. The highest BCUT2D eigenvalue weighted by atomic mass is 19.1. The van der Waals surface area contributed by atoms with E-state index in [1.54, 1.807) is 20.0 Å². The van der Waals surface area contributed by atoms with Crippen LogP contribution in [-0.4, -0.2) is 7.05 Å². The van der Waals surface area contributed by atoms with Gasteiger partial charge in [0.25, 0.3) is 0 Å². The number of aryl methyl sites for hydroxylation is 1. The fourth-order valence-electron chi connectivity index (χ4n) is 1.61. The van der Waals surface area contributed by atoms with E-state index < -0.39 is 17.7 Å². The molecular weight excluding hydrogens is 208 g/mol. The van der Waals surface area contributed by atoms with Gasteiger partial charge in [-0.1, -0.05) is 17.7 Å². The summed E-state index contributed by atoms with van der Waals surface area (Å²) >= 11 is 0. The van der Waals surface area contributed by atoms with Gasteiger partial charge in [0.15, 0.2) is 0 Å². The van der Waals surface area contributed by atoms with Crippen LogP contribution in [0.3, 0.4) is 0 Å². The number of hydrogen-bond acceptors (Lipinski definition) is 1. The van der Waals surface area contributed by atoms with Crippen molar-refractivity contribution in [2.45, 2.75) is 26.8 Å². The molecule has 0 aliphatic heterocycles. The van der Waals surface area contributed by atoms with Crippen LogP contribution in [0.1, 0.15) is 31.0 Å². The lowest BCUT2D eigenvalue weighted by Gasteiger charge is -2.16. The number of halogens is 2. The molecule has 0 amide bonds. The molecule has 1 nitrogen and oxygen atoms in total. The molecule has 0 aliphatic rings. The first-order valence-corrected chi connectivity index (χ1v) is 5.24. The Bertz CT molecular complexity index is 407. The molecule has 1 atom stereocenters. The van der Waals surface area contributed by atoms with Crippen molar-refractivity contribution < 1.29 is 8.78 Å². The van der Waals surface area contributed by atoms with E-state index in [9.17, 15) is 8.78 Å². The van der Waals surface area contributed by atoms with Crippen molar-refractivity contribution in [3.05, 3.63) is 46.5 Å². The third-order valence-electron chi connectivity index (χ3n) is 2.44. The molecule has 1 unspecified atom stereocenters. The Balaban J connectivity index is 3.29. The molecule has 1 N–H and O–H groups in total. The fourth-order valence-corrected chi connectivity index (χ4v) is 1.61. The summed E-state index contributed by atoms with van der Waals surface area (Å²) in [7, 11) is 1.69. The Hall–Kier alpha value is -1.22. The van der Waals surface area contributed by atoms with Crippen LogP contribution in [0.4, 0.5) is 8.78 Å². The molecule has 0 fully saturated rings. The summed E-state index contributed by atoms with van der Waals surface area (Å²) in [6.45, 7) is 5.43. The van der Waals surface area contributed by atoms with Crippen LogP contribution in [0, 0.1) is 18.6 Å². The molecule has 0 spiro atoms. The first-order valence-electron chi connectivity index (χ1n) is 5.24. The molecule has 0 saturated carbocycles. The first kappa shape index (κ1) is 12.8. The van der Waals surface area contributed by atoms with Gasteiger partial charge in [0.2, 0.25) is 0 Å². The Labute approximate surface area is 95.2 Å². The Morgan fingerprint density at radius 3 is 2.44 bits per heavy atom. The summed E-state index contributed by atoms with van der Waals surface area (Å²) in [6, 6.07) is 2.32. The molecule has 0 radical (unpaired) electrons. The topological polar surface area (TPSA) is 12.0 Å². The van der Waals surface area contributed by atoms with Crippen molar-refractivity contribution in [3.63, 3.8) is 0 Å². The second-order valence-corrected chi connectivity index (χ2v) is 4.10. The highest BCUT2D eigenvalue weighted by molar-refractivity contribution is 5.32. The number of hydrogen-bond donors (Lipinski definition) is 1. The zero-order valence-corrected chi connectivity index (χ0v) is 10.1. The molecule has 0 heterocycles. The van der Waals surface area contributed by atoms with Crippen molar-refractivity contribution in [2.24, 2.45) is 0 Å². The minimum atomic E-state index is -0.514. The molecule has 0 aliphatic carbocycles. The van der Waals surface area contributed by atoms with Crippen LogP contribution in [0.25, 0.3) is 0 Å². The molecule has 16 heavy (non-hydrogen) atoms. The molecule has 1 rings (SSSR count). The predicted molar refractivity (Wildman–Crippen MR) is 62.3 cm³/mol. The highest BCUT2D eigenvalue weighted by Crippen LogP contribution is 2.24. The summed E-state index contributed by atoms with van der Waals surface area (Å²) in [4.78, 5) is 0. The number of rotatable bonds is 3. The third kappa shape index (κ3) is 2.67. The average molecular weight is 225 g/mol. The largest absolute Gasteiger partial charge is 0.310 e. The Kier molecular flexibility index (Phi) is 4.19. The summed E-state index contributed by atoms with van der Waals surface area (Å²) in [5.41, 5.74) is 1.56. The lowest BCUT2D eigenvalue weighted by Crippen LogP contribution is -2.18. The summed E-state index contributed by atoms with van der Waals surface area (Å²) in [5, 5.41) is 2.90. The first-order chi connectivity index (χ1) is 7.47. The minimum Gasteiger partial charge on any atom is -0.310 e. The van der Waals surface area contributed by atoms with E-state index >= 15 is 0 Å². The van der Waals surface area contributed by atoms with E-state index in [4.69, 9.17) is 0 Å². The van der Waals surface area contributed by atoms with Gasteiger partial charge in [-0.25, -0.2) is 8.78 Å². The third-order valence-corrected chi connectivity index (χ3v) is 2.44. The number of likely N-dealkylation sites (N-methyl/N-ethyl adjacent to an activating group) is 1. The van der Waals surface area contributed by atoms with E-state index in [-0.39, 0.29) is 5.56 Å². The van der Waals surface area contributed by atoms with Gasteiger partial charge < -0.3 is 5.32 Å². The molecule has 0 bridgehead atoms. The SMILES string of the molecule is CNC(C=C(C)C)c1c(F)ccc(C)c1F. The molecule has 88 valence electrons.